The van der Waals surface area contributed by atoms with Crippen molar-refractivity contribution in [2.75, 3.05) is 6.54 Å². The van der Waals surface area contributed by atoms with Crippen LogP contribution >= 0.6 is 11.6 Å². The number of sulfonamides is 1. The molecule has 0 aliphatic heterocycles. The summed E-state index contributed by atoms with van der Waals surface area (Å²) < 4.78 is 39.5. The maximum absolute atomic E-state index is 13.1. The van der Waals surface area contributed by atoms with Crippen LogP contribution in [0.4, 0.5) is 4.39 Å². The molecule has 1 aromatic carbocycles. The van der Waals surface area contributed by atoms with Gasteiger partial charge in [-0.05, 0) is 31.0 Å². The van der Waals surface area contributed by atoms with E-state index < -0.39 is 21.4 Å². The molecule has 1 aliphatic carbocycles. The maximum Gasteiger partial charge on any atom is 0.242 e. The molecular formula is C12H15ClFNO3S. The highest BCUT2D eigenvalue weighted by Gasteiger charge is 2.33. The highest BCUT2D eigenvalue weighted by Crippen LogP contribution is 2.29. The summed E-state index contributed by atoms with van der Waals surface area (Å²) in [5.41, 5.74) is -1.01. The lowest BCUT2D eigenvalue weighted by molar-refractivity contribution is 0.0532. The fourth-order valence-electron chi connectivity index (χ4n) is 2.20. The Morgan fingerprint density at radius 3 is 2.63 bits per heavy atom. The molecule has 1 saturated carbocycles. The van der Waals surface area contributed by atoms with Gasteiger partial charge in [0.25, 0.3) is 0 Å². The van der Waals surface area contributed by atoms with Crippen molar-refractivity contribution in [1.82, 2.24) is 4.72 Å². The van der Waals surface area contributed by atoms with Gasteiger partial charge in [-0.3, -0.25) is 0 Å². The topological polar surface area (TPSA) is 66.4 Å². The van der Waals surface area contributed by atoms with Gasteiger partial charge in [0, 0.05) is 6.54 Å². The lowest BCUT2D eigenvalue weighted by Gasteiger charge is -2.22. The molecule has 0 saturated heterocycles. The standard InChI is InChI=1S/C12H15ClFNO3S/c13-10-4-3-9(14)7-11(10)19(17,18)15-8-12(16)5-1-2-6-12/h3-4,7,15-16H,1-2,5-6,8H2. The summed E-state index contributed by atoms with van der Waals surface area (Å²) in [7, 11) is -3.92. The van der Waals surface area contributed by atoms with Gasteiger partial charge in [-0.15, -0.1) is 0 Å². The predicted molar refractivity (Wildman–Crippen MR) is 70.0 cm³/mol. The lowest BCUT2D eigenvalue weighted by Crippen LogP contribution is -2.40. The molecule has 0 atom stereocenters. The minimum Gasteiger partial charge on any atom is -0.389 e. The second-order valence-corrected chi connectivity index (χ2v) is 6.97. The van der Waals surface area contributed by atoms with Crippen LogP contribution in [0.3, 0.4) is 0 Å². The van der Waals surface area contributed by atoms with Gasteiger partial charge in [0.15, 0.2) is 0 Å². The summed E-state index contributed by atoms with van der Waals surface area (Å²) in [4.78, 5) is -0.309. The molecule has 0 heterocycles. The molecule has 0 spiro atoms. The fourth-order valence-corrected chi connectivity index (χ4v) is 3.83. The third-order valence-electron chi connectivity index (χ3n) is 3.31. The first-order chi connectivity index (χ1) is 8.82. The van der Waals surface area contributed by atoms with Crippen molar-refractivity contribution in [2.45, 2.75) is 36.2 Å². The first-order valence-corrected chi connectivity index (χ1v) is 7.86. The molecule has 4 nitrogen and oxygen atoms in total. The van der Waals surface area contributed by atoms with E-state index in [1.807, 2.05) is 0 Å². The van der Waals surface area contributed by atoms with Crippen LogP contribution in [0.15, 0.2) is 23.1 Å². The Morgan fingerprint density at radius 1 is 1.37 bits per heavy atom. The summed E-state index contributed by atoms with van der Waals surface area (Å²) in [6.45, 7) is -0.0812. The molecule has 0 aromatic heterocycles. The van der Waals surface area contributed by atoms with E-state index in [1.165, 1.54) is 6.07 Å². The molecule has 7 heteroatoms. The van der Waals surface area contributed by atoms with Crippen molar-refractivity contribution in [3.63, 3.8) is 0 Å². The van der Waals surface area contributed by atoms with Crippen LogP contribution in [-0.2, 0) is 10.0 Å². The van der Waals surface area contributed by atoms with Gasteiger partial charge in [-0.25, -0.2) is 17.5 Å². The van der Waals surface area contributed by atoms with Crippen LogP contribution in [0, 0.1) is 5.82 Å². The van der Waals surface area contributed by atoms with Crippen molar-refractivity contribution in [3.05, 3.63) is 29.0 Å². The number of benzene rings is 1. The lowest BCUT2D eigenvalue weighted by atomic mass is 10.0. The molecule has 106 valence electrons. The quantitative estimate of drug-likeness (QED) is 0.895. The monoisotopic (exact) mass is 307 g/mol. The van der Waals surface area contributed by atoms with Gasteiger partial charge < -0.3 is 5.11 Å². The van der Waals surface area contributed by atoms with E-state index in [1.54, 1.807) is 0 Å². The van der Waals surface area contributed by atoms with Crippen LogP contribution in [0.25, 0.3) is 0 Å². The summed E-state index contributed by atoms with van der Waals surface area (Å²) in [5, 5.41) is 10.0. The smallest absolute Gasteiger partial charge is 0.242 e. The molecule has 19 heavy (non-hydrogen) atoms. The number of aliphatic hydroxyl groups is 1. The molecule has 2 N–H and O–H groups in total. The third kappa shape index (κ3) is 3.45. The van der Waals surface area contributed by atoms with Gasteiger partial charge in [-0.1, -0.05) is 24.4 Å². The van der Waals surface area contributed by atoms with Gasteiger partial charge in [-0.2, -0.15) is 0 Å². The Balaban J connectivity index is 2.16. The van der Waals surface area contributed by atoms with Crippen molar-refractivity contribution in [1.29, 1.82) is 0 Å². The Hall–Kier alpha value is -0.690. The Labute approximate surface area is 116 Å². The Morgan fingerprint density at radius 2 is 2.00 bits per heavy atom. The zero-order valence-corrected chi connectivity index (χ0v) is 11.8. The van der Waals surface area contributed by atoms with Crippen molar-refractivity contribution >= 4 is 21.6 Å². The molecule has 0 unspecified atom stereocenters. The van der Waals surface area contributed by atoms with E-state index in [9.17, 15) is 17.9 Å². The van der Waals surface area contributed by atoms with Gasteiger partial charge in [0.1, 0.15) is 10.7 Å². The number of hydrogen-bond donors (Lipinski definition) is 2. The number of nitrogens with one attached hydrogen (secondary N) is 1. The van der Waals surface area contributed by atoms with Crippen LogP contribution in [-0.4, -0.2) is 25.7 Å². The minimum absolute atomic E-state index is 0.0488. The van der Waals surface area contributed by atoms with Gasteiger partial charge in [0.2, 0.25) is 10.0 Å². The highest BCUT2D eigenvalue weighted by molar-refractivity contribution is 7.89. The normalized spacial score (nSPS) is 18.7. The van der Waals surface area contributed by atoms with Crippen LogP contribution in [0.1, 0.15) is 25.7 Å². The summed E-state index contributed by atoms with van der Waals surface area (Å²) in [5.74, 6) is -0.677. The molecule has 1 aliphatic rings. The van der Waals surface area contributed by atoms with Crippen LogP contribution in [0.2, 0.25) is 5.02 Å². The zero-order chi connectivity index (χ0) is 14.1. The second-order valence-electron chi connectivity index (χ2n) is 4.83. The van der Waals surface area contributed by atoms with E-state index in [-0.39, 0.29) is 16.5 Å². The molecular weight excluding hydrogens is 293 g/mol. The van der Waals surface area contributed by atoms with Crippen LogP contribution in [0.5, 0.6) is 0 Å². The van der Waals surface area contributed by atoms with Crippen molar-refractivity contribution < 1.29 is 17.9 Å². The second kappa shape index (κ2) is 5.36. The molecule has 0 radical (unpaired) electrons. The molecule has 0 amide bonds. The van der Waals surface area contributed by atoms with Crippen LogP contribution < -0.4 is 4.72 Å². The Bertz CT molecular complexity index is 570. The summed E-state index contributed by atoms with van der Waals surface area (Å²) >= 11 is 5.76. The van der Waals surface area contributed by atoms with Crippen molar-refractivity contribution in [2.24, 2.45) is 0 Å². The minimum atomic E-state index is -3.92. The molecule has 2 rings (SSSR count). The predicted octanol–water partition coefficient (Wildman–Crippen LogP) is 2.06. The summed E-state index contributed by atoms with van der Waals surface area (Å²) in [6.07, 6.45) is 2.87. The summed E-state index contributed by atoms with van der Waals surface area (Å²) in [6, 6.07) is 3.14. The molecule has 1 aromatic rings. The van der Waals surface area contributed by atoms with Gasteiger partial charge in [0.05, 0.1) is 10.6 Å². The average Bonchev–Trinajstić information content (AvgIpc) is 2.78. The highest BCUT2D eigenvalue weighted by atomic mass is 35.5. The first-order valence-electron chi connectivity index (χ1n) is 6.00. The SMILES string of the molecule is O=S(=O)(NCC1(O)CCCC1)c1cc(F)ccc1Cl. The molecule has 1 fully saturated rings. The number of rotatable bonds is 4. The van der Waals surface area contributed by atoms with E-state index in [0.717, 1.165) is 25.0 Å². The first kappa shape index (κ1) is 14.7. The van der Waals surface area contributed by atoms with Crippen molar-refractivity contribution in [3.8, 4) is 0 Å². The fraction of sp³-hybridized carbons (Fsp3) is 0.500. The maximum atomic E-state index is 13.1. The zero-order valence-electron chi connectivity index (χ0n) is 10.2. The van der Waals surface area contributed by atoms with E-state index in [2.05, 4.69) is 4.72 Å². The number of halogens is 2. The van der Waals surface area contributed by atoms with Gasteiger partial charge >= 0.3 is 0 Å². The molecule has 0 bridgehead atoms. The Kier molecular flexibility index (Phi) is 4.15. The van der Waals surface area contributed by atoms with E-state index in [4.69, 9.17) is 11.6 Å². The third-order valence-corrected chi connectivity index (χ3v) is 5.19. The van der Waals surface area contributed by atoms with E-state index >= 15 is 0 Å². The largest absolute Gasteiger partial charge is 0.389 e. The average molecular weight is 308 g/mol. The number of hydrogen-bond acceptors (Lipinski definition) is 3. The van der Waals surface area contributed by atoms with E-state index in [0.29, 0.717) is 12.8 Å².